The van der Waals surface area contributed by atoms with E-state index >= 15 is 0 Å². The maximum Gasteiger partial charge on any atom is 0.437 e. The number of carboxylic acid groups (broad SMARTS) is 1. The molecule has 0 unspecified atom stereocenters. The van der Waals surface area contributed by atoms with Crippen LogP contribution in [0.1, 0.15) is 6.42 Å². The Labute approximate surface area is 93.8 Å². The van der Waals surface area contributed by atoms with Crippen LogP contribution in [0.2, 0.25) is 0 Å². The highest BCUT2D eigenvalue weighted by Crippen LogP contribution is 2.20. The highest BCUT2D eigenvalue weighted by Gasteiger charge is 2.11. The standard InChI is InChI=1S/C9H8N2O4S/c12-7(13)3-4-11-9(14)15-8(10-11)6-2-1-5-16-6/h1-2,5H,3-4H2,(H,12,13). The minimum Gasteiger partial charge on any atom is -0.481 e. The molecule has 0 radical (unpaired) electrons. The van der Waals surface area contributed by atoms with Crippen LogP contribution in [0, 0.1) is 0 Å². The molecule has 1 N–H and O–H groups in total. The molecule has 0 aliphatic heterocycles. The van der Waals surface area contributed by atoms with E-state index in [0.29, 0.717) is 0 Å². The quantitative estimate of drug-likeness (QED) is 0.862. The lowest BCUT2D eigenvalue weighted by Crippen LogP contribution is -2.17. The first-order valence-electron chi connectivity index (χ1n) is 4.50. The van der Waals surface area contributed by atoms with Gasteiger partial charge >= 0.3 is 11.7 Å². The molecule has 16 heavy (non-hydrogen) atoms. The van der Waals surface area contributed by atoms with E-state index in [4.69, 9.17) is 9.52 Å². The molecule has 84 valence electrons. The van der Waals surface area contributed by atoms with E-state index in [0.717, 1.165) is 9.56 Å². The molecule has 0 aliphatic rings. The summed E-state index contributed by atoms with van der Waals surface area (Å²) in [7, 11) is 0. The minimum absolute atomic E-state index is 0.0169. The Balaban J connectivity index is 2.22. The van der Waals surface area contributed by atoms with Gasteiger partial charge in [0.15, 0.2) is 0 Å². The minimum atomic E-state index is -0.979. The van der Waals surface area contributed by atoms with Crippen LogP contribution in [0.4, 0.5) is 0 Å². The number of aryl methyl sites for hydroxylation is 1. The van der Waals surface area contributed by atoms with Gasteiger partial charge in [-0.2, -0.15) is 4.68 Å². The van der Waals surface area contributed by atoms with Crippen molar-refractivity contribution in [3.8, 4) is 10.8 Å². The van der Waals surface area contributed by atoms with Crippen molar-refractivity contribution in [2.45, 2.75) is 13.0 Å². The van der Waals surface area contributed by atoms with E-state index in [1.165, 1.54) is 11.3 Å². The highest BCUT2D eigenvalue weighted by atomic mass is 32.1. The summed E-state index contributed by atoms with van der Waals surface area (Å²) < 4.78 is 5.92. The third-order valence-electron chi connectivity index (χ3n) is 1.88. The van der Waals surface area contributed by atoms with Crippen LogP contribution < -0.4 is 5.76 Å². The summed E-state index contributed by atoms with van der Waals surface area (Å²) in [6.45, 7) is 0.0169. The fourth-order valence-corrected chi connectivity index (χ4v) is 1.79. The summed E-state index contributed by atoms with van der Waals surface area (Å²) in [5.41, 5.74) is 0. The fraction of sp³-hybridized carbons (Fsp3) is 0.222. The number of hydrogen-bond acceptors (Lipinski definition) is 5. The SMILES string of the molecule is O=C(O)CCn1nc(-c2cccs2)oc1=O. The summed E-state index contributed by atoms with van der Waals surface area (Å²) in [5.74, 6) is -1.39. The number of hydrogen-bond donors (Lipinski definition) is 1. The van der Waals surface area contributed by atoms with Crippen LogP contribution in [-0.4, -0.2) is 20.9 Å². The van der Waals surface area contributed by atoms with Crippen LogP contribution in [0.5, 0.6) is 0 Å². The van der Waals surface area contributed by atoms with Crippen molar-refractivity contribution < 1.29 is 14.3 Å². The molecule has 0 spiro atoms. The number of nitrogens with zero attached hydrogens (tertiary/aromatic N) is 2. The van der Waals surface area contributed by atoms with Crippen molar-refractivity contribution in [1.29, 1.82) is 0 Å². The molecule has 2 aromatic heterocycles. The molecule has 0 atom stereocenters. The molecule has 0 saturated carbocycles. The van der Waals surface area contributed by atoms with Crippen molar-refractivity contribution in [3.63, 3.8) is 0 Å². The second kappa shape index (κ2) is 4.31. The zero-order valence-electron chi connectivity index (χ0n) is 8.12. The largest absolute Gasteiger partial charge is 0.481 e. The lowest BCUT2D eigenvalue weighted by molar-refractivity contribution is -0.137. The van der Waals surface area contributed by atoms with Gasteiger partial charge in [0.05, 0.1) is 17.8 Å². The van der Waals surface area contributed by atoms with Crippen molar-refractivity contribution >= 4 is 17.3 Å². The summed E-state index contributed by atoms with van der Waals surface area (Å²) in [6, 6.07) is 3.59. The van der Waals surface area contributed by atoms with Crippen LogP contribution in [0.3, 0.4) is 0 Å². The number of aliphatic carboxylic acids is 1. The Morgan fingerprint density at radius 2 is 2.44 bits per heavy atom. The molecular formula is C9H8N2O4S. The molecule has 2 heterocycles. The molecular weight excluding hydrogens is 232 g/mol. The number of aromatic nitrogens is 2. The maximum atomic E-state index is 11.3. The van der Waals surface area contributed by atoms with Gasteiger partial charge < -0.3 is 9.52 Å². The van der Waals surface area contributed by atoms with E-state index in [9.17, 15) is 9.59 Å². The first kappa shape index (κ1) is 10.6. The van der Waals surface area contributed by atoms with Gasteiger partial charge in [-0.15, -0.1) is 16.4 Å². The van der Waals surface area contributed by atoms with Gasteiger partial charge in [-0.25, -0.2) is 4.79 Å². The van der Waals surface area contributed by atoms with E-state index in [2.05, 4.69) is 5.10 Å². The van der Waals surface area contributed by atoms with Crippen molar-refractivity contribution in [1.82, 2.24) is 9.78 Å². The van der Waals surface area contributed by atoms with Crippen molar-refractivity contribution in [2.75, 3.05) is 0 Å². The molecule has 0 fully saturated rings. The van der Waals surface area contributed by atoms with E-state index in [1.807, 2.05) is 11.4 Å². The molecule has 0 aliphatic carbocycles. The van der Waals surface area contributed by atoms with Crippen LogP contribution in [0.25, 0.3) is 10.8 Å². The van der Waals surface area contributed by atoms with Crippen LogP contribution in [-0.2, 0) is 11.3 Å². The van der Waals surface area contributed by atoms with Gasteiger partial charge in [-0.05, 0) is 11.4 Å². The normalized spacial score (nSPS) is 10.5. The highest BCUT2D eigenvalue weighted by molar-refractivity contribution is 7.13. The van der Waals surface area contributed by atoms with Gasteiger partial charge in [0.1, 0.15) is 0 Å². The number of rotatable bonds is 4. The topological polar surface area (TPSA) is 85.3 Å². The molecule has 7 heteroatoms. The van der Waals surface area contributed by atoms with Gasteiger partial charge in [0.25, 0.3) is 5.89 Å². The molecule has 0 amide bonds. The lowest BCUT2D eigenvalue weighted by Gasteiger charge is -1.92. The molecule has 0 bridgehead atoms. The smallest absolute Gasteiger partial charge is 0.437 e. The first-order valence-corrected chi connectivity index (χ1v) is 5.38. The van der Waals surface area contributed by atoms with Gasteiger partial charge in [0.2, 0.25) is 0 Å². The summed E-state index contributed by atoms with van der Waals surface area (Å²) in [4.78, 5) is 22.4. The predicted octanol–water partition coefficient (Wildman–Crippen LogP) is 1.04. The maximum absolute atomic E-state index is 11.3. The number of carbonyl (C=O) groups is 1. The number of carboxylic acids is 1. The lowest BCUT2D eigenvalue weighted by atomic mass is 10.4. The second-order valence-electron chi connectivity index (χ2n) is 3.02. The molecule has 0 saturated heterocycles. The Bertz CT molecular complexity index is 540. The monoisotopic (exact) mass is 240 g/mol. The average Bonchev–Trinajstić information content (AvgIpc) is 2.83. The average molecular weight is 240 g/mol. The molecule has 2 rings (SSSR count). The second-order valence-corrected chi connectivity index (χ2v) is 3.96. The molecule has 6 nitrogen and oxygen atoms in total. The van der Waals surface area contributed by atoms with Crippen molar-refractivity contribution in [2.24, 2.45) is 0 Å². The third-order valence-corrected chi connectivity index (χ3v) is 2.73. The Morgan fingerprint density at radius 3 is 3.06 bits per heavy atom. The van der Waals surface area contributed by atoms with Gasteiger partial charge in [-0.1, -0.05) is 6.07 Å². The Morgan fingerprint density at radius 1 is 1.62 bits per heavy atom. The zero-order valence-corrected chi connectivity index (χ0v) is 8.94. The van der Waals surface area contributed by atoms with Gasteiger partial charge in [-0.3, -0.25) is 4.79 Å². The summed E-state index contributed by atoms with van der Waals surface area (Å²) in [5, 5.41) is 14.2. The summed E-state index contributed by atoms with van der Waals surface area (Å²) >= 11 is 1.40. The zero-order chi connectivity index (χ0) is 11.5. The van der Waals surface area contributed by atoms with Crippen LogP contribution in [0.15, 0.2) is 26.7 Å². The Kier molecular flexibility index (Phi) is 2.86. The summed E-state index contributed by atoms with van der Waals surface area (Å²) in [6.07, 6.45) is -0.156. The first-order chi connectivity index (χ1) is 7.66. The predicted molar refractivity (Wildman–Crippen MR) is 56.3 cm³/mol. The van der Waals surface area contributed by atoms with E-state index < -0.39 is 11.7 Å². The van der Waals surface area contributed by atoms with E-state index in [-0.39, 0.29) is 18.9 Å². The Hall–Kier alpha value is -1.89. The molecule has 0 aromatic carbocycles. The van der Waals surface area contributed by atoms with Gasteiger partial charge in [0, 0.05) is 0 Å². The van der Waals surface area contributed by atoms with Crippen LogP contribution >= 0.6 is 11.3 Å². The molecule has 2 aromatic rings. The fourth-order valence-electron chi connectivity index (χ4n) is 1.15. The van der Waals surface area contributed by atoms with Crippen molar-refractivity contribution in [3.05, 3.63) is 28.1 Å². The number of thiophene rings is 1. The van der Waals surface area contributed by atoms with E-state index in [1.54, 1.807) is 6.07 Å². The third kappa shape index (κ3) is 2.19.